The maximum Gasteiger partial charge on any atom is 0.243 e. The van der Waals surface area contributed by atoms with Gasteiger partial charge < -0.3 is 15.0 Å². The predicted octanol–water partition coefficient (Wildman–Crippen LogP) is 2.60. The van der Waals surface area contributed by atoms with Crippen molar-refractivity contribution in [2.75, 3.05) is 7.11 Å². The highest BCUT2D eigenvalue weighted by Gasteiger charge is 2.23. The van der Waals surface area contributed by atoms with Gasteiger partial charge in [0.25, 0.3) is 0 Å². The van der Waals surface area contributed by atoms with Gasteiger partial charge in [-0.15, -0.1) is 0 Å². The number of aromatic nitrogens is 2. The zero-order valence-corrected chi connectivity index (χ0v) is 11.1. The van der Waals surface area contributed by atoms with Crippen molar-refractivity contribution in [2.45, 2.75) is 52.2 Å². The quantitative estimate of drug-likeness (QED) is 0.794. The monoisotopic (exact) mass is 241 g/mol. The molecular formula is C12H23N3O2. The molecule has 0 saturated carbocycles. The van der Waals surface area contributed by atoms with E-state index in [1.165, 1.54) is 0 Å². The fraction of sp³-hybridized carbons (Fsp3) is 0.833. The third-order valence-electron chi connectivity index (χ3n) is 2.76. The van der Waals surface area contributed by atoms with Gasteiger partial charge in [-0.25, -0.2) is 0 Å². The minimum Gasteiger partial charge on any atom is -0.373 e. The minimum absolute atomic E-state index is 0.133. The number of nitrogens with zero attached hydrogens (tertiary/aromatic N) is 2. The van der Waals surface area contributed by atoms with E-state index in [4.69, 9.17) is 15.0 Å². The molecule has 98 valence electrons. The van der Waals surface area contributed by atoms with Gasteiger partial charge in [-0.3, -0.25) is 0 Å². The lowest BCUT2D eigenvalue weighted by Crippen LogP contribution is -2.13. The predicted molar refractivity (Wildman–Crippen MR) is 65.3 cm³/mol. The molecule has 17 heavy (non-hydrogen) atoms. The van der Waals surface area contributed by atoms with E-state index < -0.39 is 0 Å². The molecule has 5 heteroatoms. The van der Waals surface area contributed by atoms with Gasteiger partial charge in [-0.05, 0) is 12.3 Å². The van der Waals surface area contributed by atoms with Crippen LogP contribution in [0.15, 0.2) is 4.52 Å². The van der Waals surface area contributed by atoms with Crippen LogP contribution in [-0.4, -0.2) is 17.3 Å². The summed E-state index contributed by atoms with van der Waals surface area (Å²) in [7, 11) is 1.65. The van der Waals surface area contributed by atoms with Gasteiger partial charge in [-0.2, -0.15) is 4.98 Å². The molecule has 0 spiro atoms. The molecule has 0 aliphatic heterocycles. The van der Waals surface area contributed by atoms with E-state index in [-0.39, 0.29) is 12.1 Å². The van der Waals surface area contributed by atoms with E-state index in [1.807, 2.05) is 0 Å². The standard InChI is InChI=1S/C12H23N3O2/c1-5-6-7-9(13)12-14-11(15-17-12)10(16-4)8(2)3/h8-10H,5-7,13H2,1-4H3. The van der Waals surface area contributed by atoms with Crippen molar-refractivity contribution >= 4 is 0 Å². The summed E-state index contributed by atoms with van der Waals surface area (Å²) in [6, 6.07) is -0.166. The highest BCUT2D eigenvalue weighted by atomic mass is 16.5. The minimum atomic E-state index is -0.166. The summed E-state index contributed by atoms with van der Waals surface area (Å²) in [4.78, 5) is 4.33. The Labute approximate surface area is 103 Å². The van der Waals surface area contributed by atoms with Crippen LogP contribution in [0.4, 0.5) is 0 Å². The van der Waals surface area contributed by atoms with Crippen molar-refractivity contribution in [3.05, 3.63) is 11.7 Å². The van der Waals surface area contributed by atoms with Crippen LogP contribution in [0.5, 0.6) is 0 Å². The first kappa shape index (κ1) is 14.1. The zero-order valence-electron chi connectivity index (χ0n) is 11.1. The highest BCUT2D eigenvalue weighted by Crippen LogP contribution is 2.24. The zero-order chi connectivity index (χ0) is 12.8. The molecular weight excluding hydrogens is 218 g/mol. The molecule has 1 rings (SSSR count). The van der Waals surface area contributed by atoms with Crippen molar-refractivity contribution in [1.82, 2.24) is 10.1 Å². The Morgan fingerprint density at radius 3 is 2.65 bits per heavy atom. The Balaban J connectivity index is 2.69. The first-order chi connectivity index (χ1) is 8.10. The molecule has 1 aromatic rings. The van der Waals surface area contributed by atoms with E-state index in [2.05, 4.69) is 30.9 Å². The van der Waals surface area contributed by atoms with Crippen LogP contribution in [0.1, 0.15) is 63.9 Å². The smallest absolute Gasteiger partial charge is 0.243 e. The lowest BCUT2D eigenvalue weighted by atomic mass is 10.1. The SMILES string of the molecule is CCCCC(N)c1nc(C(OC)C(C)C)no1. The summed E-state index contributed by atoms with van der Waals surface area (Å²) in [5, 5.41) is 3.95. The van der Waals surface area contributed by atoms with Crippen molar-refractivity contribution in [2.24, 2.45) is 11.7 Å². The number of unbranched alkanes of at least 4 members (excludes halogenated alkanes) is 1. The number of rotatable bonds is 7. The summed E-state index contributed by atoms with van der Waals surface area (Å²) in [6.07, 6.45) is 2.92. The van der Waals surface area contributed by atoms with E-state index >= 15 is 0 Å². The van der Waals surface area contributed by atoms with Crippen LogP contribution in [0.25, 0.3) is 0 Å². The van der Waals surface area contributed by atoms with Gasteiger partial charge in [0.15, 0.2) is 0 Å². The molecule has 0 fully saturated rings. The van der Waals surface area contributed by atoms with E-state index in [9.17, 15) is 0 Å². The molecule has 0 bridgehead atoms. The summed E-state index contributed by atoms with van der Waals surface area (Å²) < 4.78 is 10.5. The summed E-state index contributed by atoms with van der Waals surface area (Å²) in [6.45, 7) is 6.24. The Kier molecular flexibility index (Phi) is 5.58. The molecule has 2 N–H and O–H groups in total. The van der Waals surface area contributed by atoms with Crippen molar-refractivity contribution in [3.8, 4) is 0 Å². The Morgan fingerprint density at radius 2 is 2.12 bits per heavy atom. The molecule has 0 aromatic carbocycles. The Hall–Kier alpha value is -0.940. The third kappa shape index (κ3) is 3.78. The molecule has 2 atom stereocenters. The van der Waals surface area contributed by atoms with Crippen LogP contribution in [-0.2, 0) is 4.74 Å². The topological polar surface area (TPSA) is 74.2 Å². The molecule has 0 aliphatic carbocycles. The van der Waals surface area contributed by atoms with Crippen LogP contribution >= 0.6 is 0 Å². The molecule has 0 amide bonds. The highest BCUT2D eigenvalue weighted by molar-refractivity contribution is 4.96. The van der Waals surface area contributed by atoms with Gasteiger partial charge in [0.1, 0.15) is 6.10 Å². The van der Waals surface area contributed by atoms with Gasteiger partial charge in [0, 0.05) is 7.11 Å². The number of nitrogens with two attached hydrogens (primary N) is 1. The second kappa shape index (κ2) is 6.71. The second-order valence-corrected chi connectivity index (χ2v) is 4.64. The Bertz CT molecular complexity index is 325. The largest absolute Gasteiger partial charge is 0.373 e. The van der Waals surface area contributed by atoms with Gasteiger partial charge in [0.05, 0.1) is 6.04 Å². The van der Waals surface area contributed by atoms with E-state index in [0.29, 0.717) is 17.6 Å². The van der Waals surface area contributed by atoms with Crippen LogP contribution in [0.2, 0.25) is 0 Å². The molecule has 0 saturated heterocycles. The molecule has 0 radical (unpaired) electrons. The number of hydrogen-bond donors (Lipinski definition) is 1. The first-order valence-electron chi connectivity index (χ1n) is 6.22. The average Bonchev–Trinajstić information content (AvgIpc) is 2.75. The van der Waals surface area contributed by atoms with Crippen molar-refractivity contribution < 1.29 is 9.26 Å². The average molecular weight is 241 g/mol. The normalized spacial score (nSPS) is 15.2. The second-order valence-electron chi connectivity index (χ2n) is 4.64. The molecule has 1 heterocycles. The summed E-state index contributed by atoms with van der Waals surface area (Å²) >= 11 is 0. The van der Waals surface area contributed by atoms with Crippen LogP contribution in [0.3, 0.4) is 0 Å². The summed E-state index contributed by atoms with van der Waals surface area (Å²) in [5.41, 5.74) is 5.98. The van der Waals surface area contributed by atoms with Crippen LogP contribution < -0.4 is 5.73 Å². The third-order valence-corrected chi connectivity index (χ3v) is 2.76. The first-order valence-corrected chi connectivity index (χ1v) is 6.22. The van der Waals surface area contributed by atoms with E-state index in [0.717, 1.165) is 19.3 Å². The number of hydrogen-bond acceptors (Lipinski definition) is 5. The van der Waals surface area contributed by atoms with Gasteiger partial charge in [-0.1, -0.05) is 38.8 Å². The molecule has 0 aliphatic rings. The maximum atomic E-state index is 5.98. The van der Waals surface area contributed by atoms with Gasteiger partial charge in [0.2, 0.25) is 11.7 Å². The lowest BCUT2D eigenvalue weighted by Gasteiger charge is -2.14. The molecule has 2 unspecified atom stereocenters. The van der Waals surface area contributed by atoms with E-state index in [1.54, 1.807) is 7.11 Å². The van der Waals surface area contributed by atoms with Crippen molar-refractivity contribution in [1.29, 1.82) is 0 Å². The molecule has 1 aromatic heterocycles. The number of methoxy groups -OCH3 is 1. The lowest BCUT2D eigenvalue weighted by molar-refractivity contribution is 0.0555. The van der Waals surface area contributed by atoms with Crippen molar-refractivity contribution in [3.63, 3.8) is 0 Å². The van der Waals surface area contributed by atoms with Gasteiger partial charge >= 0.3 is 0 Å². The number of ether oxygens (including phenoxy) is 1. The maximum absolute atomic E-state index is 5.98. The molecule has 5 nitrogen and oxygen atoms in total. The fourth-order valence-corrected chi connectivity index (χ4v) is 1.74. The fourth-order valence-electron chi connectivity index (χ4n) is 1.74. The summed E-state index contributed by atoms with van der Waals surface area (Å²) in [5.74, 6) is 1.40. The Morgan fingerprint density at radius 1 is 1.41 bits per heavy atom. The van der Waals surface area contributed by atoms with Crippen LogP contribution in [0, 0.1) is 5.92 Å².